The van der Waals surface area contributed by atoms with Crippen LogP contribution in [-0.2, 0) is 15.1 Å². The summed E-state index contributed by atoms with van der Waals surface area (Å²) in [5.74, 6) is 0.476. The van der Waals surface area contributed by atoms with E-state index in [9.17, 15) is 14.4 Å². The van der Waals surface area contributed by atoms with Crippen molar-refractivity contribution in [2.24, 2.45) is 0 Å². The second-order valence-corrected chi connectivity index (χ2v) is 8.27. The summed E-state index contributed by atoms with van der Waals surface area (Å²) in [5.41, 5.74) is 0.679. The average molecular weight is 461 g/mol. The number of rotatable bonds is 5. The maximum Gasteiger partial charge on any atom is 0.325 e. The number of nitrogens with one attached hydrogen (secondary N) is 2. The fourth-order valence-corrected chi connectivity index (χ4v) is 4.07. The van der Waals surface area contributed by atoms with Crippen molar-refractivity contribution in [1.29, 1.82) is 0 Å². The first-order chi connectivity index (χ1) is 16.3. The number of benzene rings is 2. The molecule has 0 saturated carbocycles. The van der Waals surface area contributed by atoms with E-state index in [1.54, 1.807) is 35.9 Å². The topological polar surface area (TPSA) is 115 Å². The van der Waals surface area contributed by atoms with E-state index in [2.05, 4.69) is 15.7 Å². The molecule has 2 aromatic carbocycles. The van der Waals surface area contributed by atoms with Crippen LogP contribution in [-0.4, -0.2) is 52.3 Å². The molecule has 174 valence electrons. The van der Waals surface area contributed by atoms with E-state index in [4.69, 9.17) is 9.47 Å². The predicted octanol–water partition coefficient (Wildman–Crippen LogP) is 2.36. The Bertz CT molecular complexity index is 1290. The zero-order valence-electron chi connectivity index (χ0n) is 18.7. The van der Waals surface area contributed by atoms with E-state index in [0.29, 0.717) is 41.8 Å². The second kappa shape index (κ2) is 8.22. The van der Waals surface area contributed by atoms with Crippen LogP contribution in [0.4, 0.5) is 10.6 Å². The maximum absolute atomic E-state index is 13.3. The molecule has 10 nitrogen and oxygen atoms in total. The van der Waals surface area contributed by atoms with Gasteiger partial charge in [0.2, 0.25) is 5.91 Å². The molecule has 3 heterocycles. The second-order valence-electron chi connectivity index (χ2n) is 8.27. The summed E-state index contributed by atoms with van der Waals surface area (Å²) in [7, 11) is 0. The van der Waals surface area contributed by atoms with Crippen molar-refractivity contribution in [2.45, 2.75) is 19.4 Å². The average Bonchev–Trinajstić information content (AvgIpc) is 3.31. The summed E-state index contributed by atoms with van der Waals surface area (Å²) < 4.78 is 12.7. The Morgan fingerprint density at radius 1 is 1.09 bits per heavy atom. The van der Waals surface area contributed by atoms with Gasteiger partial charge in [-0.2, -0.15) is 5.10 Å². The molecule has 0 bridgehead atoms. The Morgan fingerprint density at radius 2 is 1.82 bits per heavy atom. The number of urea groups is 1. The molecule has 2 aliphatic heterocycles. The van der Waals surface area contributed by atoms with Gasteiger partial charge >= 0.3 is 6.03 Å². The van der Waals surface area contributed by atoms with Gasteiger partial charge in [-0.1, -0.05) is 24.3 Å². The number of carbonyl (C=O) groups is 3. The molecule has 2 N–H and O–H groups in total. The maximum atomic E-state index is 13.3. The minimum absolute atomic E-state index is 0.402. The molecule has 1 saturated heterocycles. The Morgan fingerprint density at radius 3 is 2.59 bits per heavy atom. The van der Waals surface area contributed by atoms with Gasteiger partial charge in [-0.3, -0.25) is 14.5 Å². The standard InChI is InChI=1S/C24H23N5O5/c1-15-12-20(29(27-15)17-6-4-3-5-7-17)25-21(30)14-28-22(31)24(2,26-23(28)32)16-8-9-18-19(13-16)34-11-10-33-18/h3-9,12-13H,10-11,14H2,1-2H3,(H,25,30)(H,26,32)/t24-/m1/s1. The zero-order chi connectivity index (χ0) is 23.9. The van der Waals surface area contributed by atoms with E-state index >= 15 is 0 Å². The number of hydrogen-bond donors (Lipinski definition) is 2. The minimum Gasteiger partial charge on any atom is -0.486 e. The number of para-hydroxylation sites is 1. The highest BCUT2D eigenvalue weighted by molar-refractivity contribution is 6.10. The number of aryl methyl sites for hydroxylation is 1. The Balaban J connectivity index is 1.34. The van der Waals surface area contributed by atoms with Gasteiger partial charge in [0, 0.05) is 6.07 Å². The monoisotopic (exact) mass is 461 g/mol. The third kappa shape index (κ3) is 3.72. The van der Waals surface area contributed by atoms with Crippen molar-refractivity contribution in [1.82, 2.24) is 20.0 Å². The van der Waals surface area contributed by atoms with Crippen LogP contribution < -0.4 is 20.1 Å². The van der Waals surface area contributed by atoms with Crippen LogP contribution in [0.25, 0.3) is 5.69 Å². The highest BCUT2D eigenvalue weighted by atomic mass is 16.6. The van der Waals surface area contributed by atoms with Crippen LogP contribution in [0.2, 0.25) is 0 Å². The van der Waals surface area contributed by atoms with Gasteiger partial charge in [0.25, 0.3) is 5.91 Å². The van der Waals surface area contributed by atoms with Crippen molar-refractivity contribution in [3.8, 4) is 17.2 Å². The molecule has 0 radical (unpaired) electrons. The fourth-order valence-electron chi connectivity index (χ4n) is 4.07. The summed E-state index contributed by atoms with van der Waals surface area (Å²) in [6, 6.07) is 15.5. The number of aromatic nitrogens is 2. The molecule has 3 aromatic rings. The van der Waals surface area contributed by atoms with Crippen molar-refractivity contribution in [2.75, 3.05) is 25.1 Å². The van der Waals surface area contributed by atoms with Gasteiger partial charge < -0.3 is 20.1 Å². The first-order valence-electron chi connectivity index (χ1n) is 10.8. The summed E-state index contributed by atoms with van der Waals surface area (Å²) in [6.07, 6.45) is 0. The number of ether oxygens (including phenoxy) is 2. The molecule has 2 aliphatic rings. The van der Waals surface area contributed by atoms with Crippen LogP contribution in [0, 0.1) is 6.92 Å². The van der Waals surface area contributed by atoms with Gasteiger partial charge in [-0.25, -0.2) is 9.48 Å². The highest BCUT2D eigenvalue weighted by Crippen LogP contribution is 2.36. The summed E-state index contributed by atoms with van der Waals surface area (Å²) in [4.78, 5) is 39.7. The molecule has 4 amide bonds. The number of nitrogens with zero attached hydrogens (tertiary/aromatic N) is 3. The molecule has 1 aromatic heterocycles. The van der Waals surface area contributed by atoms with Gasteiger partial charge in [-0.05, 0) is 43.7 Å². The van der Waals surface area contributed by atoms with E-state index in [1.807, 2.05) is 37.3 Å². The van der Waals surface area contributed by atoms with Crippen LogP contribution in [0.15, 0.2) is 54.6 Å². The van der Waals surface area contributed by atoms with Crippen LogP contribution in [0.1, 0.15) is 18.2 Å². The molecule has 1 fully saturated rings. The van der Waals surface area contributed by atoms with Gasteiger partial charge in [0.1, 0.15) is 31.1 Å². The lowest BCUT2D eigenvalue weighted by Gasteiger charge is -2.25. The molecular weight excluding hydrogens is 438 g/mol. The molecule has 1 atom stereocenters. The minimum atomic E-state index is -1.34. The third-order valence-electron chi connectivity index (χ3n) is 5.80. The number of carbonyl (C=O) groups excluding carboxylic acids is 3. The number of hydrogen-bond acceptors (Lipinski definition) is 6. The third-order valence-corrected chi connectivity index (χ3v) is 5.80. The molecule has 0 unspecified atom stereocenters. The first-order valence-corrected chi connectivity index (χ1v) is 10.8. The molecule has 34 heavy (non-hydrogen) atoms. The van der Waals surface area contributed by atoms with E-state index < -0.39 is 29.9 Å². The van der Waals surface area contributed by atoms with Crippen molar-refractivity contribution in [3.63, 3.8) is 0 Å². The lowest BCUT2D eigenvalue weighted by Crippen LogP contribution is -2.42. The Labute approximate surface area is 195 Å². The van der Waals surface area contributed by atoms with Gasteiger partial charge in [-0.15, -0.1) is 0 Å². The SMILES string of the molecule is Cc1cc(NC(=O)CN2C(=O)N[C@](C)(c3ccc4c(c3)OCCO4)C2=O)n(-c2ccccc2)n1. The summed E-state index contributed by atoms with van der Waals surface area (Å²) in [5, 5.41) is 9.88. The van der Waals surface area contributed by atoms with E-state index in [0.717, 1.165) is 10.6 Å². The van der Waals surface area contributed by atoms with Crippen LogP contribution >= 0.6 is 0 Å². The quantitative estimate of drug-likeness (QED) is 0.564. The smallest absolute Gasteiger partial charge is 0.325 e. The number of amides is 4. The number of anilines is 1. The van der Waals surface area contributed by atoms with E-state index in [1.165, 1.54) is 0 Å². The molecule has 0 aliphatic carbocycles. The zero-order valence-corrected chi connectivity index (χ0v) is 18.7. The van der Waals surface area contributed by atoms with E-state index in [-0.39, 0.29) is 0 Å². The lowest BCUT2D eigenvalue weighted by atomic mass is 9.91. The molecule has 5 rings (SSSR count). The van der Waals surface area contributed by atoms with Crippen LogP contribution in [0.5, 0.6) is 11.5 Å². The van der Waals surface area contributed by atoms with Crippen molar-refractivity contribution in [3.05, 3.63) is 65.9 Å². The first kappa shape index (κ1) is 21.5. The fraction of sp³-hybridized carbons (Fsp3) is 0.250. The lowest BCUT2D eigenvalue weighted by molar-refractivity contribution is -0.133. The Kier molecular flexibility index (Phi) is 5.20. The molecular formula is C24H23N5O5. The highest BCUT2D eigenvalue weighted by Gasteiger charge is 2.49. The predicted molar refractivity (Wildman–Crippen MR) is 122 cm³/mol. The largest absolute Gasteiger partial charge is 0.486 e. The van der Waals surface area contributed by atoms with Crippen molar-refractivity contribution < 1.29 is 23.9 Å². The summed E-state index contributed by atoms with van der Waals surface area (Å²) >= 11 is 0. The number of imide groups is 1. The summed E-state index contributed by atoms with van der Waals surface area (Å²) in [6.45, 7) is 3.82. The number of fused-ring (bicyclic) bond motifs is 1. The van der Waals surface area contributed by atoms with Crippen molar-refractivity contribution >= 4 is 23.7 Å². The molecule has 0 spiro atoms. The Hall–Kier alpha value is -4.34. The van der Waals surface area contributed by atoms with Gasteiger partial charge in [0.05, 0.1) is 11.4 Å². The van der Waals surface area contributed by atoms with Crippen LogP contribution in [0.3, 0.4) is 0 Å². The molecule has 10 heteroatoms. The van der Waals surface area contributed by atoms with Gasteiger partial charge in [0.15, 0.2) is 11.5 Å². The normalized spacial score (nSPS) is 19.2.